The van der Waals surface area contributed by atoms with Crippen molar-refractivity contribution in [2.75, 3.05) is 13.2 Å². The molecule has 2 unspecified atom stereocenters. The van der Waals surface area contributed by atoms with Crippen LogP contribution < -0.4 is 0 Å². The number of aliphatic hydroxyl groups is 1. The normalized spacial score (nSPS) is 26.8. The Balaban J connectivity index is 1.96. The smallest absolute Gasteiger partial charge is 0.243 e. The molecule has 6 heteroatoms. The molecular formula is C15H21NO4S. The molecule has 2 aliphatic rings. The summed E-state index contributed by atoms with van der Waals surface area (Å²) in [4.78, 5) is 0.268. The van der Waals surface area contributed by atoms with Gasteiger partial charge < -0.3 is 9.84 Å². The molecule has 21 heavy (non-hydrogen) atoms. The summed E-state index contributed by atoms with van der Waals surface area (Å²) in [5.74, 6) is 0. The molecule has 1 saturated heterocycles. The van der Waals surface area contributed by atoms with Crippen LogP contribution in [0.2, 0.25) is 0 Å². The molecule has 0 amide bonds. The Morgan fingerprint density at radius 3 is 2.95 bits per heavy atom. The zero-order valence-electron chi connectivity index (χ0n) is 12.2. The Morgan fingerprint density at radius 1 is 1.38 bits per heavy atom. The summed E-state index contributed by atoms with van der Waals surface area (Å²) >= 11 is 0. The van der Waals surface area contributed by atoms with Crippen molar-refractivity contribution in [2.24, 2.45) is 0 Å². The quantitative estimate of drug-likeness (QED) is 0.917. The number of fused-ring (bicyclic) bond motifs is 1. The fourth-order valence-corrected chi connectivity index (χ4v) is 5.02. The van der Waals surface area contributed by atoms with Crippen LogP contribution in [0, 0.1) is 6.92 Å². The summed E-state index contributed by atoms with van der Waals surface area (Å²) in [6, 6.07) is 4.93. The first-order chi connectivity index (χ1) is 10.0. The van der Waals surface area contributed by atoms with Gasteiger partial charge in [0.05, 0.1) is 30.3 Å². The maximum absolute atomic E-state index is 12.9. The van der Waals surface area contributed by atoms with E-state index in [4.69, 9.17) is 4.74 Å². The first kappa shape index (κ1) is 15.0. The monoisotopic (exact) mass is 311 g/mol. The van der Waals surface area contributed by atoms with E-state index in [-0.39, 0.29) is 23.6 Å². The van der Waals surface area contributed by atoms with E-state index < -0.39 is 10.0 Å². The first-order valence-electron chi connectivity index (χ1n) is 7.38. The molecule has 2 atom stereocenters. The molecule has 1 aliphatic heterocycles. The van der Waals surface area contributed by atoms with Gasteiger partial charge in [0, 0.05) is 6.54 Å². The lowest BCUT2D eigenvalue weighted by atomic mass is 10.1. The van der Waals surface area contributed by atoms with Crippen molar-refractivity contribution < 1.29 is 18.3 Å². The fourth-order valence-electron chi connectivity index (χ4n) is 3.30. The molecule has 1 N–H and O–H groups in total. The SMILES string of the molecule is Cc1ccc(S(=O)(=O)N2CCOC3CCCC32)cc1CO. The standard InChI is InChI=1S/C15H21NO4S/c1-11-5-6-13(9-12(11)10-17)21(18,19)16-7-8-20-15-4-2-3-14(15)16/h5-6,9,14-15,17H,2-4,7-8,10H2,1H3. The number of aryl methyl sites for hydroxylation is 1. The van der Waals surface area contributed by atoms with Crippen LogP contribution in [0.25, 0.3) is 0 Å². The number of morpholine rings is 1. The van der Waals surface area contributed by atoms with Gasteiger partial charge in [0.25, 0.3) is 0 Å². The molecule has 0 radical (unpaired) electrons. The van der Waals surface area contributed by atoms with Crippen molar-refractivity contribution >= 4 is 10.0 Å². The van der Waals surface area contributed by atoms with Gasteiger partial charge in [-0.2, -0.15) is 4.31 Å². The number of ether oxygens (including phenoxy) is 1. The molecule has 116 valence electrons. The molecular weight excluding hydrogens is 290 g/mol. The Labute approximate surface area is 125 Å². The van der Waals surface area contributed by atoms with E-state index in [0.29, 0.717) is 18.7 Å². The van der Waals surface area contributed by atoms with Gasteiger partial charge in [-0.05, 0) is 49.4 Å². The van der Waals surface area contributed by atoms with Gasteiger partial charge in [-0.3, -0.25) is 0 Å². The summed E-state index contributed by atoms with van der Waals surface area (Å²) in [6.45, 7) is 2.58. The predicted molar refractivity (Wildman–Crippen MR) is 78.4 cm³/mol. The number of aliphatic hydroxyl groups excluding tert-OH is 1. The highest BCUT2D eigenvalue weighted by atomic mass is 32.2. The largest absolute Gasteiger partial charge is 0.392 e. The Morgan fingerprint density at radius 2 is 2.19 bits per heavy atom. The molecule has 5 nitrogen and oxygen atoms in total. The van der Waals surface area contributed by atoms with Gasteiger partial charge >= 0.3 is 0 Å². The van der Waals surface area contributed by atoms with Crippen LogP contribution in [0.15, 0.2) is 23.1 Å². The second-order valence-corrected chi connectivity index (χ2v) is 7.66. The molecule has 1 aliphatic carbocycles. The lowest BCUT2D eigenvalue weighted by Gasteiger charge is -2.36. The average Bonchev–Trinajstić information content (AvgIpc) is 2.95. The van der Waals surface area contributed by atoms with E-state index in [1.165, 1.54) is 0 Å². The van der Waals surface area contributed by atoms with E-state index in [0.717, 1.165) is 24.8 Å². The van der Waals surface area contributed by atoms with Gasteiger partial charge in [0.15, 0.2) is 0 Å². The van der Waals surface area contributed by atoms with Crippen LogP contribution in [-0.4, -0.2) is 43.1 Å². The highest BCUT2D eigenvalue weighted by molar-refractivity contribution is 7.89. The number of benzene rings is 1. The zero-order valence-corrected chi connectivity index (χ0v) is 13.0. The van der Waals surface area contributed by atoms with E-state index in [9.17, 15) is 13.5 Å². The molecule has 1 heterocycles. The van der Waals surface area contributed by atoms with Crippen LogP contribution in [0.5, 0.6) is 0 Å². The topological polar surface area (TPSA) is 66.8 Å². The van der Waals surface area contributed by atoms with Crippen molar-refractivity contribution in [2.45, 2.75) is 49.8 Å². The number of hydrogen-bond donors (Lipinski definition) is 1. The van der Waals surface area contributed by atoms with Gasteiger partial charge in [-0.15, -0.1) is 0 Å². The van der Waals surface area contributed by atoms with Gasteiger partial charge in [-0.25, -0.2) is 8.42 Å². The Hall–Kier alpha value is -0.950. The van der Waals surface area contributed by atoms with Crippen molar-refractivity contribution in [1.82, 2.24) is 4.31 Å². The fraction of sp³-hybridized carbons (Fsp3) is 0.600. The lowest BCUT2D eigenvalue weighted by molar-refractivity contribution is -0.0241. The van der Waals surface area contributed by atoms with Crippen molar-refractivity contribution in [1.29, 1.82) is 0 Å². The number of nitrogens with zero attached hydrogens (tertiary/aromatic N) is 1. The van der Waals surface area contributed by atoms with Crippen molar-refractivity contribution in [3.05, 3.63) is 29.3 Å². The minimum atomic E-state index is -3.52. The predicted octanol–water partition coefficient (Wildman–Crippen LogP) is 1.43. The van der Waals surface area contributed by atoms with Crippen molar-refractivity contribution in [3.63, 3.8) is 0 Å². The third-order valence-corrected chi connectivity index (χ3v) is 6.45. The summed E-state index contributed by atoms with van der Waals surface area (Å²) in [5.41, 5.74) is 1.56. The summed E-state index contributed by atoms with van der Waals surface area (Å²) in [6.07, 6.45) is 2.85. The summed E-state index contributed by atoms with van der Waals surface area (Å²) in [7, 11) is -3.52. The third-order valence-electron chi connectivity index (χ3n) is 4.53. The second-order valence-electron chi connectivity index (χ2n) is 5.77. The van der Waals surface area contributed by atoms with Crippen LogP contribution in [-0.2, 0) is 21.4 Å². The van der Waals surface area contributed by atoms with E-state index in [1.807, 2.05) is 6.92 Å². The maximum atomic E-state index is 12.9. The molecule has 1 saturated carbocycles. The molecule has 0 aromatic heterocycles. The summed E-state index contributed by atoms with van der Waals surface area (Å²) < 4.78 is 33.1. The van der Waals surface area contributed by atoms with Gasteiger partial charge in [0.1, 0.15) is 0 Å². The summed E-state index contributed by atoms with van der Waals surface area (Å²) in [5, 5.41) is 9.34. The average molecular weight is 311 g/mol. The van der Waals surface area contributed by atoms with Gasteiger partial charge in [0.2, 0.25) is 10.0 Å². The van der Waals surface area contributed by atoms with Crippen LogP contribution in [0.4, 0.5) is 0 Å². The Kier molecular flexibility index (Phi) is 4.05. The molecule has 0 spiro atoms. The molecule has 1 aromatic rings. The van der Waals surface area contributed by atoms with Crippen LogP contribution in [0.1, 0.15) is 30.4 Å². The maximum Gasteiger partial charge on any atom is 0.243 e. The molecule has 0 bridgehead atoms. The molecule has 3 rings (SSSR count). The Bertz CT molecular complexity index is 629. The first-order valence-corrected chi connectivity index (χ1v) is 8.82. The number of hydrogen-bond acceptors (Lipinski definition) is 4. The number of sulfonamides is 1. The van der Waals surface area contributed by atoms with Crippen LogP contribution in [0.3, 0.4) is 0 Å². The minimum absolute atomic E-state index is 0.0382. The third kappa shape index (κ3) is 2.61. The van der Waals surface area contributed by atoms with Crippen LogP contribution >= 0.6 is 0 Å². The zero-order chi connectivity index (χ0) is 15.0. The van der Waals surface area contributed by atoms with E-state index in [1.54, 1.807) is 22.5 Å². The molecule has 2 fully saturated rings. The number of rotatable bonds is 3. The molecule has 1 aromatic carbocycles. The lowest BCUT2D eigenvalue weighted by Crippen LogP contribution is -2.51. The van der Waals surface area contributed by atoms with E-state index >= 15 is 0 Å². The van der Waals surface area contributed by atoms with Gasteiger partial charge in [-0.1, -0.05) is 6.07 Å². The van der Waals surface area contributed by atoms with E-state index in [2.05, 4.69) is 0 Å². The highest BCUT2D eigenvalue weighted by Gasteiger charge is 2.42. The second kappa shape index (κ2) is 5.68. The van der Waals surface area contributed by atoms with Crippen molar-refractivity contribution in [3.8, 4) is 0 Å². The highest BCUT2D eigenvalue weighted by Crippen LogP contribution is 2.33. The minimum Gasteiger partial charge on any atom is -0.392 e.